The molecule has 0 atom stereocenters. The SMILES string of the molecule is Cc1cc2c3c(c1)N(c1ccc(C(C)C)c4c1oc1ccccc14)c1cc4c(cc1B3c1sc3ccc(C(C)(C)C)cc3c1N2c1ccc(C(C)(C)C)cc1)C(C)(C)CCC4(C)C. The number of para-hydroxylation sites is 1. The summed E-state index contributed by atoms with van der Waals surface area (Å²) >= 11 is 2.00. The molecule has 0 saturated heterocycles. The van der Waals surface area contributed by atoms with Crippen LogP contribution in [0.5, 0.6) is 0 Å². The number of hydrogen-bond acceptors (Lipinski definition) is 4. The van der Waals surface area contributed by atoms with Gasteiger partial charge in [0.15, 0.2) is 5.58 Å². The van der Waals surface area contributed by atoms with Gasteiger partial charge in [-0.3, -0.25) is 0 Å². The highest BCUT2D eigenvalue weighted by Crippen LogP contribution is 2.53. The van der Waals surface area contributed by atoms with Crippen LogP contribution in [-0.4, -0.2) is 6.71 Å². The minimum atomic E-state index is 0.0149. The summed E-state index contributed by atoms with van der Waals surface area (Å²) < 4.78 is 9.85. The monoisotopic (exact) mass is 844 g/mol. The second-order valence-electron chi connectivity index (χ2n) is 22.7. The standard InChI is InChI=1S/C58H61BN2OS/c1-33(2)38-23-24-44(53-50(38)39-16-14-15-17-48(39)62-53)61-45-32-42-41(57(10,11)26-27-58(42,12)13)31-43(45)59-51-46(28-34(3)29-47(51)61)60(37-21-18-35(19-22-37)55(4,5)6)52-40-30-36(56(7,8)9)20-25-49(40)63-54(52)59/h14-25,28-33H,26-27H2,1-13H3. The lowest BCUT2D eigenvalue weighted by molar-refractivity contribution is 0.332. The number of fused-ring (bicyclic) bond motifs is 10. The van der Waals surface area contributed by atoms with Gasteiger partial charge in [-0.25, -0.2) is 0 Å². The maximum atomic E-state index is 7.09. The average Bonchev–Trinajstić information content (AvgIpc) is 3.80. The van der Waals surface area contributed by atoms with Crippen molar-refractivity contribution in [1.82, 2.24) is 0 Å². The Bertz CT molecular complexity index is 3200. The summed E-state index contributed by atoms with van der Waals surface area (Å²) in [7, 11) is 0. The molecular weight excluding hydrogens is 784 g/mol. The van der Waals surface area contributed by atoms with Gasteiger partial charge in [0, 0.05) is 48.4 Å². The number of anilines is 6. The van der Waals surface area contributed by atoms with Gasteiger partial charge in [-0.15, -0.1) is 11.3 Å². The Balaban J connectivity index is 1.29. The van der Waals surface area contributed by atoms with Gasteiger partial charge < -0.3 is 14.2 Å². The summed E-state index contributed by atoms with van der Waals surface area (Å²) in [6, 6.07) is 40.3. The van der Waals surface area contributed by atoms with Crippen LogP contribution in [0.25, 0.3) is 32.0 Å². The van der Waals surface area contributed by atoms with Crippen LogP contribution in [0.2, 0.25) is 0 Å². The molecule has 6 aromatic carbocycles. The van der Waals surface area contributed by atoms with Gasteiger partial charge in [0.1, 0.15) is 5.58 Å². The number of hydrogen-bond donors (Lipinski definition) is 0. The first-order valence-electron chi connectivity index (χ1n) is 23.3. The van der Waals surface area contributed by atoms with Gasteiger partial charge in [0.2, 0.25) is 0 Å². The molecular formula is C58H61BN2OS. The van der Waals surface area contributed by atoms with Crippen molar-refractivity contribution in [1.29, 1.82) is 0 Å². The number of nitrogens with zero attached hydrogens (tertiary/aromatic N) is 2. The highest BCUT2D eigenvalue weighted by atomic mass is 32.1. The van der Waals surface area contributed by atoms with Crippen molar-refractivity contribution in [2.45, 2.75) is 130 Å². The molecule has 0 bridgehead atoms. The van der Waals surface area contributed by atoms with E-state index < -0.39 is 0 Å². The molecule has 1 aliphatic carbocycles. The predicted octanol–water partition coefficient (Wildman–Crippen LogP) is 15.3. The lowest BCUT2D eigenvalue weighted by Gasteiger charge is -2.47. The van der Waals surface area contributed by atoms with Gasteiger partial charge in [0.05, 0.1) is 11.4 Å². The summed E-state index contributed by atoms with van der Waals surface area (Å²) in [5.41, 5.74) is 20.4. The van der Waals surface area contributed by atoms with Crippen LogP contribution in [0, 0.1) is 6.92 Å². The van der Waals surface area contributed by atoms with Crippen molar-refractivity contribution in [3.05, 3.63) is 137 Å². The zero-order chi connectivity index (χ0) is 44.3. The molecule has 3 nitrogen and oxygen atoms in total. The number of thiophene rings is 1. The molecule has 11 rings (SSSR count). The average molecular weight is 845 g/mol. The van der Waals surface area contributed by atoms with Crippen molar-refractivity contribution >= 4 is 99.9 Å². The molecule has 8 aromatic rings. The summed E-state index contributed by atoms with van der Waals surface area (Å²) in [6.07, 6.45) is 2.32. The van der Waals surface area contributed by atoms with E-state index in [1.54, 1.807) is 0 Å². The van der Waals surface area contributed by atoms with Crippen molar-refractivity contribution in [2.75, 3.05) is 9.80 Å². The molecule has 3 aliphatic rings. The minimum absolute atomic E-state index is 0.0149. The zero-order valence-electron chi connectivity index (χ0n) is 39.6. The molecule has 4 heterocycles. The van der Waals surface area contributed by atoms with Gasteiger partial charge in [0.25, 0.3) is 6.71 Å². The third kappa shape index (κ3) is 5.97. The molecule has 0 fully saturated rings. The van der Waals surface area contributed by atoms with Crippen LogP contribution in [0.4, 0.5) is 34.1 Å². The van der Waals surface area contributed by atoms with Crippen LogP contribution in [0.3, 0.4) is 0 Å². The fraction of sp³-hybridized carbons (Fsp3) is 0.345. The Labute approximate surface area is 379 Å². The van der Waals surface area contributed by atoms with Crippen LogP contribution in [0.1, 0.15) is 135 Å². The van der Waals surface area contributed by atoms with Crippen LogP contribution >= 0.6 is 11.3 Å². The highest BCUT2D eigenvalue weighted by molar-refractivity contribution is 7.33. The number of aryl methyl sites for hydroxylation is 1. The third-order valence-electron chi connectivity index (χ3n) is 15.0. The zero-order valence-corrected chi connectivity index (χ0v) is 40.4. The predicted molar refractivity (Wildman–Crippen MR) is 275 cm³/mol. The summed E-state index contributed by atoms with van der Waals surface area (Å²) in [4.78, 5) is 5.24. The highest BCUT2D eigenvalue weighted by Gasteiger charge is 2.48. The van der Waals surface area contributed by atoms with Gasteiger partial charge in [-0.1, -0.05) is 132 Å². The smallest absolute Gasteiger partial charge is 0.264 e. The molecule has 2 aliphatic heterocycles. The van der Waals surface area contributed by atoms with E-state index in [0.717, 1.165) is 23.3 Å². The molecule has 0 radical (unpaired) electrons. The van der Waals surface area contributed by atoms with Crippen LogP contribution in [0.15, 0.2) is 108 Å². The summed E-state index contributed by atoms with van der Waals surface area (Å²) in [6.45, 7) is 30.8. The molecule has 63 heavy (non-hydrogen) atoms. The van der Waals surface area contributed by atoms with E-state index >= 15 is 0 Å². The van der Waals surface area contributed by atoms with Crippen molar-refractivity contribution in [2.24, 2.45) is 0 Å². The quantitative estimate of drug-likeness (QED) is 0.165. The Morgan fingerprint density at radius 1 is 0.651 bits per heavy atom. The van der Waals surface area contributed by atoms with Gasteiger partial charge in [-0.2, -0.15) is 0 Å². The Morgan fingerprint density at radius 3 is 1.95 bits per heavy atom. The first-order chi connectivity index (χ1) is 29.7. The normalized spacial score (nSPS) is 16.5. The summed E-state index contributed by atoms with van der Waals surface area (Å²) in [5.74, 6) is 0.339. The van der Waals surface area contributed by atoms with Crippen molar-refractivity contribution in [3.63, 3.8) is 0 Å². The number of rotatable bonds is 3. The van der Waals surface area contributed by atoms with Gasteiger partial charge >= 0.3 is 0 Å². The van der Waals surface area contributed by atoms with E-state index in [2.05, 4.69) is 203 Å². The molecule has 0 unspecified atom stereocenters. The Kier molecular flexibility index (Phi) is 8.61. The van der Waals surface area contributed by atoms with E-state index in [9.17, 15) is 0 Å². The minimum Gasteiger partial charge on any atom is -0.454 e. The molecule has 0 N–H and O–H groups in total. The third-order valence-corrected chi connectivity index (χ3v) is 16.3. The first-order valence-corrected chi connectivity index (χ1v) is 24.1. The maximum absolute atomic E-state index is 7.09. The van der Waals surface area contributed by atoms with E-state index in [1.165, 1.54) is 105 Å². The molecule has 0 spiro atoms. The molecule has 0 saturated carbocycles. The lowest BCUT2D eigenvalue weighted by Crippen LogP contribution is -2.61. The molecule has 2 aromatic heterocycles. The molecule has 0 amide bonds. The Hall–Kier alpha value is -5.26. The first kappa shape index (κ1) is 40.5. The van der Waals surface area contributed by atoms with Crippen molar-refractivity contribution in [3.8, 4) is 0 Å². The van der Waals surface area contributed by atoms with Gasteiger partial charge in [-0.05, 0) is 146 Å². The topological polar surface area (TPSA) is 19.6 Å². The largest absolute Gasteiger partial charge is 0.454 e. The second kappa shape index (κ2) is 13.4. The number of benzene rings is 6. The van der Waals surface area contributed by atoms with Crippen molar-refractivity contribution < 1.29 is 4.42 Å². The maximum Gasteiger partial charge on any atom is 0.264 e. The fourth-order valence-electron chi connectivity index (χ4n) is 11.3. The Morgan fingerprint density at radius 2 is 1.29 bits per heavy atom. The lowest BCUT2D eigenvalue weighted by atomic mass is 9.35. The molecule has 318 valence electrons. The van der Waals surface area contributed by atoms with Crippen LogP contribution < -0.4 is 25.5 Å². The van der Waals surface area contributed by atoms with E-state index in [4.69, 9.17) is 4.42 Å². The van der Waals surface area contributed by atoms with E-state index in [-0.39, 0.29) is 28.4 Å². The fourth-order valence-corrected chi connectivity index (χ4v) is 12.6. The number of furan rings is 1. The summed E-state index contributed by atoms with van der Waals surface area (Å²) in [5, 5.41) is 3.75. The van der Waals surface area contributed by atoms with E-state index in [1.807, 2.05) is 11.3 Å². The van der Waals surface area contributed by atoms with Crippen LogP contribution in [-0.2, 0) is 21.7 Å². The molecule has 5 heteroatoms. The van der Waals surface area contributed by atoms with E-state index in [0.29, 0.717) is 5.92 Å². The second-order valence-corrected chi connectivity index (χ2v) is 23.8.